The monoisotopic (exact) mass is 259 g/mol. The molecule has 0 aliphatic rings. The van der Waals surface area contributed by atoms with E-state index < -0.39 is 5.97 Å². The molecule has 1 heterocycles. The van der Waals surface area contributed by atoms with Gasteiger partial charge in [-0.3, -0.25) is 4.98 Å². The smallest absolute Gasteiger partial charge is 0.339 e. The van der Waals surface area contributed by atoms with Crippen LogP contribution in [0.1, 0.15) is 10.4 Å². The Hall–Kier alpha value is -2.14. The molecule has 1 aromatic heterocycles. The largest absolute Gasteiger partial charge is 0.478 e. The Bertz CT molecular complexity index is 596. The standard InChI is InChI=1S/C14H17N3O2/c1-17(2)8-7-15-13-10-5-3-4-6-12(10)16-9-11(13)14(18)19/h3-6,9H,7-8H2,1-2H3,(H,15,16)(H,18,19). The van der Waals surface area contributed by atoms with Crippen molar-refractivity contribution in [2.75, 3.05) is 32.5 Å². The first kappa shape index (κ1) is 13.3. The van der Waals surface area contributed by atoms with Gasteiger partial charge in [0.2, 0.25) is 0 Å². The molecule has 100 valence electrons. The van der Waals surface area contributed by atoms with E-state index in [1.165, 1.54) is 6.20 Å². The number of hydrogen-bond donors (Lipinski definition) is 2. The summed E-state index contributed by atoms with van der Waals surface area (Å²) >= 11 is 0. The highest BCUT2D eigenvalue weighted by molar-refractivity contribution is 6.04. The number of hydrogen-bond acceptors (Lipinski definition) is 4. The van der Waals surface area contributed by atoms with Gasteiger partial charge in [-0.2, -0.15) is 0 Å². The normalized spacial score (nSPS) is 10.9. The molecule has 5 heteroatoms. The summed E-state index contributed by atoms with van der Waals surface area (Å²) in [7, 11) is 3.95. The highest BCUT2D eigenvalue weighted by Crippen LogP contribution is 2.25. The molecule has 19 heavy (non-hydrogen) atoms. The molecular weight excluding hydrogens is 242 g/mol. The van der Waals surface area contributed by atoms with Crippen molar-refractivity contribution in [2.24, 2.45) is 0 Å². The van der Waals surface area contributed by atoms with Crippen molar-refractivity contribution in [1.82, 2.24) is 9.88 Å². The van der Waals surface area contributed by atoms with E-state index in [-0.39, 0.29) is 5.56 Å². The van der Waals surface area contributed by atoms with Crippen molar-refractivity contribution < 1.29 is 9.90 Å². The van der Waals surface area contributed by atoms with Crippen LogP contribution in [0.5, 0.6) is 0 Å². The van der Waals surface area contributed by atoms with E-state index >= 15 is 0 Å². The second-order valence-electron chi connectivity index (χ2n) is 4.60. The molecule has 0 aliphatic heterocycles. The predicted molar refractivity (Wildman–Crippen MR) is 75.7 cm³/mol. The van der Waals surface area contributed by atoms with Crippen molar-refractivity contribution >= 4 is 22.6 Å². The third-order valence-corrected chi connectivity index (χ3v) is 2.87. The molecule has 0 saturated heterocycles. The topological polar surface area (TPSA) is 65.5 Å². The maximum absolute atomic E-state index is 11.3. The fourth-order valence-electron chi connectivity index (χ4n) is 1.90. The molecule has 0 bridgehead atoms. The second-order valence-corrected chi connectivity index (χ2v) is 4.60. The second kappa shape index (κ2) is 5.67. The lowest BCUT2D eigenvalue weighted by atomic mass is 10.1. The number of carboxylic acid groups (broad SMARTS) is 1. The van der Waals surface area contributed by atoms with Gasteiger partial charge in [0.25, 0.3) is 0 Å². The lowest BCUT2D eigenvalue weighted by molar-refractivity contribution is 0.0697. The molecule has 1 aromatic carbocycles. The highest BCUT2D eigenvalue weighted by atomic mass is 16.4. The zero-order valence-electron chi connectivity index (χ0n) is 11.1. The fourth-order valence-corrected chi connectivity index (χ4v) is 1.90. The van der Waals surface area contributed by atoms with Crippen molar-refractivity contribution in [2.45, 2.75) is 0 Å². The van der Waals surface area contributed by atoms with Crippen LogP contribution < -0.4 is 5.32 Å². The molecule has 2 aromatic rings. The van der Waals surface area contributed by atoms with Crippen LogP contribution in [-0.2, 0) is 0 Å². The van der Waals surface area contributed by atoms with Gasteiger partial charge in [0, 0.05) is 24.7 Å². The minimum Gasteiger partial charge on any atom is -0.478 e. The number of aromatic nitrogens is 1. The Balaban J connectivity index is 2.41. The number of anilines is 1. The number of likely N-dealkylation sites (N-methyl/N-ethyl adjacent to an activating group) is 1. The molecule has 0 spiro atoms. The molecule has 0 atom stereocenters. The molecule has 0 saturated carbocycles. The van der Waals surface area contributed by atoms with Crippen LogP contribution in [0.3, 0.4) is 0 Å². The van der Waals surface area contributed by atoms with Crippen LogP contribution in [-0.4, -0.2) is 48.1 Å². The first-order chi connectivity index (χ1) is 9.09. The zero-order chi connectivity index (χ0) is 13.8. The number of rotatable bonds is 5. The average Bonchev–Trinajstić information content (AvgIpc) is 2.38. The Morgan fingerprint density at radius 1 is 1.37 bits per heavy atom. The van der Waals surface area contributed by atoms with E-state index in [0.717, 1.165) is 17.4 Å². The van der Waals surface area contributed by atoms with Crippen LogP contribution in [0.4, 0.5) is 5.69 Å². The summed E-state index contributed by atoms with van der Waals surface area (Å²) in [6.45, 7) is 1.51. The van der Waals surface area contributed by atoms with Gasteiger partial charge in [-0.25, -0.2) is 4.79 Å². The third-order valence-electron chi connectivity index (χ3n) is 2.87. The van der Waals surface area contributed by atoms with Crippen molar-refractivity contribution in [3.05, 3.63) is 36.0 Å². The fraction of sp³-hybridized carbons (Fsp3) is 0.286. The molecule has 0 aliphatic carbocycles. The van der Waals surface area contributed by atoms with Crippen LogP contribution in [0.2, 0.25) is 0 Å². The summed E-state index contributed by atoms with van der Waals surface area (Å²) in [5.74, 6) is -0.967. The molecule has 2 rings (SSSR count). The number of aromatic carboxylic acids is 1. The van der Waals surface area contributed by atoms with E-state index in [1.807, 2.05) is 43.3 Å². The zero-order valence-corrected chi connectivity index (χ0v) is 11.1. The summed E-state index contributed by atoms with van der Waals surface area (Å²) in [6.07, 6.45) is 1.41. The Morgan fingerprint density at radius 3 is 2.79 bits per heavy atom. The van der Waals surface area contributed by atoms with E-state index in [2.05, 4.69) is 10.3 Å². The summed E-state index contributed by atoms with van der Waals surface area (Å²) in [4.78, 5) is 17.5. The van der Waals surface area contributed by atoms with Gasteiger partial charge in [-0.05, 0) is 20.2 Å². The molecule has 0 fully saturated rings. The number of nitrogens with one attached hydrogen (secondary N) is 1. The van der Waals surface area contributed by atoms with Gasteiger partial charge in [-0.15, -0.1) is 0 Å². The summed E-state index contributed by atoms with van der Waals surface area (Å²) in [6, 6.07) is 7.52. The van der Waals surface area contributed by atoms with Gasteiger partial charge < -0.3 is 15.3 Å². The quantitative estimate of drug-likeness (QED) is 0.858. The molecule has 2 N–H and O–H groups in total. The number of para-hydroxylation sites is 1. The van der Waals surface area contributed by atoms with Crippen LogP contribution in [0.15, 0.2) is 30.5 Å². The minimum absolute atomic E-state index is 0.206. The van der Waals surface area contributed by atoms with Gasteiger partial charge in [0.1, 0.15) is 5.56 Å². The number of pyridine rings is 1. The Kier molecular flexibility index (Phi) is 3.97. The van der Waals surface area contributed by atoms with E-state index in [9.17, 15) is 9.90 Å². The highest BCUT2D eigenvalue weighted by Gasteiger charge is 2.13. The first-order valence-electron chi connectivity index (χ1n) is 6.09. The summed E-state index contributed by atoms with van der Waals surface area (Å²) in [5, 5.41) is 13.3. The number of carbonyl (C=O) groups is 1. The lowest BCUT2D eigenvalue weighted by Gasteiger charge is -2.14. The van der Waals surface area contributed by atoms with E-state index in [0.29, 0.717) is 12.2 Å². The predicted octanol–water partition coefficient (Wildman–Crippen LogP) is 1.91. The number of carboxylic acids is 1. The molecule has 5 nitrogen and oxygen atoms in total. The lowest BCUT2D eigenvalue weighted by Crippen LogP contribution is -2.21. The van der Waals surface area contributed by atoms with Gasteiger partial charge >= 0.3 is 5.97 Å². The minimum atomic E-state index is -0.967. The molecule has 0 unspecified atom stereocenters. The Morgan fingerprint density at radius 2 is 2.11 bits per heavy atom. The Labute approximate surface area is 111 Å². The molecule has 0 radical (unpaired) electrons. The maximum Gasteiger partial charge on any atom is 0.339 e. The summed E-state index contributed by atoms with van der Waals surface area (Å²) in [5.41, 5.74) is 1.64. The first-order valence-corrected chi connectivity index (χ1v) is 6.09. The van der Waals surface area contributed by atoms with Gasteiger partial charge in [0.15, 0.2) is 0 Å². The van der Waals surface area contributed by atoms with Crippen molar-refractivity contribution in [3.63, 3.8) is 0 Å². The van der Waals surface area contributed by atoms with Crippen LogP contribution in [0.25, 0.3) is 10.9 Å². The van der Waals surface area contributed by atoms with E-state index in [1.54, 1.807) is 0 Å². The molecular formula is C14H17N3O2. The third kappa shape index (κ3) is 3.00. The number of benzene rings is 1. The van der Waals surface area contributed by atoms with Gasteiger partial charge in [0.05, 0.1) is 11.2 Å². The van der Waals surface area contributed by atoms with Gasteiger partial charge in [-0.1, -0.05) is 18.2 Å². The SMILES string of the molecule is CN(C)CCNc1c(C(=O)O)cnc2ccccc12. The van der Waals surface area contributed by atoms with Crippen LogP contribution in [0, 0.1) is 0 Å². The molecule has 0 amide bonds. The number of fused-ring (bicyclic) bond motifs is 1. The van der Waals surface area contributed by atoms with E-state index in [4.69, 9.17) is 0 Å². The van der Waals surface area contributed by atoms with Crippen molar-refractivity contribution in [1.29, 1.82) is 0 Å². The average molecular weight is 259 g/mol. The van der Waals surface area contributed by atoms with Crippen LogP contribution >= 0.6 is 0 Å². The maximum atomic E-state index is 11.3. The van der Waals surface area contributed by atoms with Crippen molar-refractivity contribution in [3.8, 4) is 0 Å². The number of nitrogens with zero attached hydrogens (tertiary/aromatic N) is 2. The summed E-state index contributed by atoms with van der Waals surface area (Å²) < 4.78 is 0.